The second kappa shape index (κ2) is 6.86. The van der Waals surface area contributed by atoms with Crippen LogP contribution in [-0.2, 0) is 10.0 Å². The lowest BCUT2D eigenvalue weighted by Gasteiger charge is -2.34. The van der Waals surface area contributed by atoms with Crippen LogP contribution in [0.5, 0.6) is 0 Å². The first kappa shape index (κ1) is 17.5. The summed E-state index contributed by atoms with van der Waals surface area (Å²) < 4.78 is 27.3. The number of piperazine rings is 1. The van der Waals surface area contributed by atoms with Gasteiger partial charge in [0.15, 0.2) is 0 Å². The number of rotatable bonds is 3. The van der Waals surface area contributed by atoms with Gasteiger partial charge in [0.25, 0.3) is 0 Å². The quantitative estimate of drug-likeness (QED) is 0.788. The van der Waals surface area contributed by atoms with Crippen LogP contribution in [0.3, 0.4) is 0 Å². The number of halogens is 2. The van der Waals surface area contributed by atoms with E-state index >= 15 is 0 Å². The highest BCUT2D eigenvalue weighted by Crippen LogP contribution is 2.36. The minimum Gasteiger partial charge on any atom is -0.354 e. The molecule has 126 valence electrons. The zero-order valence-corrected chi connectivity index (χ0v) is 15.5. The average molecular weight is 403 g/mol. The molecular weight excluding hydrogens is 391 g/mol. The van der Waals surface area contributed by atoms with Gasteiger partial charge in [-0.1, -0.05) is 23.2 Å². The zero-order valence-electron chi connectivity index (χ0n) is 12.3. The SMILES string of the molecule is N#Cc1ccc(N2CCN(S(=O)(=O)c3cc(Cl)sc3Cl)CC2)nc1. The van der Waals surface area contributed by atoms with Gasteiger partial charge in [0.05, 0.1) is 9.90 Å². The van der Waals surface area contributed by atoms with E-state index in [1.165, 1.54) is 16.6 Å². The Morgan fingerprint density at radius 2 is 1.92 bits per heavy atom. The molecule has 0 unspecified atom stereocenters. The van der Waals surface area contributed by atoms with Crippen LogP contribution < -0.4 is 4.90 Å². The third kappa shape index (κ3) is 3.36. The number of hydrogen-bond acceptors (Lipinski definition) is 6. The molecule has 3 rings (SSSR count). The lowest BCUT2D eigenvalue weighted by molar-refractivity contribution is 0.384. The highest BCUT2D eigenvalue weighted by molar-refractivity contribution is 7.89. The Morgan fingerprint density at radius 1 is 1.21 bits per heavy atom. The van der Waals surface area contributed by atoms with Crippen molar-refractivity contribution >= 4 is 50.4 Å². The zero-order chi connectivity index (χ0) is 17.3. The van der Waals surface area contributed by atoms with Crippen LogP contribution in [0.4, 0.5) is 5.82 Å². The van der Waals surface area contributed by atoms with Crippen molar-refractivity contribution in [2.75, 3.05) is 31.1 Å². The highest BCUT2D eigenvalue weighted by Gasteiger charge is 2.31. The molecule has 1 aliphatic heterocycles. The molecule has 0 atom stereocenters. The van der Waals surface area contributed by atoms with Crippen molar-refractivity contribution in [2.45, 2.75) is 4.90 Å². The van der Waals surface area contributed by atoms with E-state index in [1.54, 1.807) is 12.1 Å². The summed E-state index contributed by atoms with van der Waals surface area (Å²) in [6, 6.07) is 6.86. The molecule has 2 aromatic heterocycles. The lowest BCUT2D eigenvalue weighted by atomic mass is 10.3. The molecule has 2 aromatic rings. The minimum absolute atomic E-state index is 0.0594. The smallest absolute Gasteiger partial charge is 0.245 e. The van der Waals surface area contributed by atoms with Crippen molar-refractivity contribution in [3.63, 3.8) is 0 Å². The third-order valence-corrected chi connectivity index (χ3v) is 7.33. The van der Waals surface area contributed by atoms with Crippen LogP contribution in [0.25, 0.3) is 0 Å². The van der Waals surface area contributed by atoms with Gasteiger partial charge in [0.1, 0.15) is 21.1 Å². The molecule has 3 heterocycles. The number of hydrogen-bond donors (Lipinski definition) is 0. The van der Waals surface area contributed by atoms with Gasteiger partial charge in [-0.25, -0.2) is 13.4 Å². The summed E-state index contributed by atoms with van der Waals surface area (Å²) >= 11 is 12.9. The summed E-state index contributed by atoms with van der Waals surface area (Å²) in [6.45, 7) is 1.67. The summed E-state index contributed by atoms with van der Waals surface area (Å²) in [5.41, 5.74) is 0.490. The number of aromatic nitrogens is 1. The second-order valence-electron chi connectivity index (χ2n) is 5.10. The molecule has 1 saturated heterocycles. The van der Waals surface area contributed by atoms with Crippen molar-refractivity contribution in [2.24, 2.45) is 0 Å². The van der Waals surface area contributed by atoms with E-state index in [1.807, 2.05) is 11.0 Å². The maximum absolute atomic E-state index is 12.7. The fourth-order valence-corrected chi connectivity index (χ4v) is 5.97. The molecule has 1 fully saturated rings. The lowest BCUT2D eigenvalue weighted by Crippen LogP contribution is -2.48. The fraction of sp³-hybridized carbons (Fsp3) is 0.286. The predicted octanol–water partition coefficient (Wildman–Crippen LogP) is 2.83. The first-order valence-corrected chi connectivity index (χ1v) is 9.99. The molecule has 0 N–H and O–H groups in total. The maximum atomic E-state index is 12.7. The largest absolute Gasteiger partial charge is 0.354 e. The molecule has 0 aliphatic carbocycles. The molecule has 0 aromatic carbocycles. The van der Waals surface area contributed by atoms with Crippen molar-refractivity contribution in [3.8, 4) is 6.07 Å². The first-order valence-electron chi connectivity index (χ1n) is 6.98. The number of anilines is 1. The van der Waals surface area contributed by atoms with Crippen LogP contribution in [0.15, 0.2) is 29.3 Å². The van der Waals surface area contributed by atoms with Crippen LogP contribution in [0.1, 0.15) is 5.56 Å². The van der Waals surface area contributed by atoms with Crippen molar-refractivity contribution in [1.82, 2.24) is 9.29 Å². The number of pyridine rings is 1. The molecule has 0 spiro atoms. The second-order valence-corrected chi connectivity index (χ2v) is 9.29. The van der Waals surface area contributed by atoms with Gasteiger partial charge in [-0.3, -0.25) is 0 Å². The van der Waals surface area contributed by atoms with E-state index in [0.29, 0.717) is 36.1 Å². The van der Waals surface area contributed by atoms with Gasteiger partial charge >= 0.3 is 0 Å². The van der Waals surface area contributed by atoms with E-state index < -0.39 is 10.0 Å². The third-order valence-electron chi connectivity index (χ3n) is 3.68. The molecular formula is C14H12Cl2N4O2S2. The van der Waals surface area contributed by atoms with Gasteiger partial charge in [0, 0.05) is 32.4 Å². The summed E-state index contributed by atoms with van der Waals surface area (Å²) in [5, 5.41) is 8.80. The number of nitriles is 1. The molecule has 0 radical (unpaired) electrons. The summed E-state index contributed by atoms with van der Waals surface area (Å²) in [5.74, 6) is 0.725. The van der Waals surface area contributed by atoms with Crippen molar-refractivity contribution in [1.29, 1.82) is 5.26 Å². The van der Waals surface area contributed by atoms with Crippen molar-refractivity contribution in [3.05, 3.63) is 38.6 Å². The van der Waals surface area contributed by atoms with E-state index in [9.17, 15) is 8.42 Å². The molecule has 6 nitrogen and oxygen atoms in total. The highest BCUT2D eigenvalue weighted by atomic mass is 35.5. The van der Waals surface area contributed by atoms with Gasteiger partial charge in [-0.15, -0.1) is 11.3 Å². The Balaban J connectivity index is 1.72. The van der Waals surface area contributed by atoms with E-state index in [2.05, 4.69) is 4.98 Å². The van der Waals surface area contributed by atoms with Crippen LogP contribution in [0.2, 0.25) is 8.67 Å². The van der Waals surface area contributed by atoms with Crippen LogP contribution in [-0.4, -0.2) is 43.9 Å². The fourth-order valence-electron chi connectivity index (χ4n) is 2.44. The molecule has 0 amide bonds. The summed E-state index contributed by atoms with van der Waals surface area (Å²) in [7, 11) is -3.65. The Morgan fingerprint density at radius 3 is 2.42 bits per heavy atom. The van der Waals surface area contributed by atoms with E-state index in [0.717, 1.165) is 17.2 Å². The molecule has 0 bridgehead atoms. The first-order chi connectivity index (χ1) is 11.4. The Labute approximate surface area is 153 Å². The van der Waals surface area contributed by atoms with E-state index in [-0.39, 0.29) is 9.23 Å². The van der Waals surface area contributed by atoms with Crippen molar-refractivity contribution < 1.29 is 8.42 Å². The maximum Gasteiger partial charge on any atom is 0.245 e. The normalized spacial score (nSPS) is 16.1. The van der Waals surface area contributed by atoms with Crippen LogP contribution in [0, 0.1) is 11.3 Å². The van der Waals surface area contributed by atoms with Crippen LogP contribution >= 0.6 is 34.5 Å². The topological polar surface area (TPSA) is 77.3 Å². The molecule has 1 aliphatic rings. The molecule has 0 saturated carbocycles. The summed E-state index contributed by atoms with van der Waals surface area (Å²) in [4.78, 5) is 6.28. The van der Waals surface area contributed by atoms with E-state index in [4.69, 9.17) is 28.5 Å². The number of nitrogens with zero attached hydrogens (tertiary/aromatic N) is 4. The average Bonchev–Trinajstić information content (AvgIpc) is 2.94. The van der Waals surface area contributed by atoms with Gasteiger partial charge < -0.3 is 4.90 Å². The van der Waals surface area contributed by atoms with Gasteiger partial charge in [-0.05, 0) is 18.2 Å². The molecule has 10 heteroatoms. The monoisotopic (exact) mass is 402 g/mol. The standard InChI is InChI=1S/C14H12Cl2N4O2S2/c15-12-7-11(14(16)23-12)24(21,22)20-5-3-19(4-6-20)13-2-1-10(8-17)9-18-13/h1-2,7,9H,3-6H2. The Hall–Kier alpha value is -1.37. The van der Waals surface area contributed by atoms with Gasteiger partial charge in [0.2, 0.25) is 10.0 Å². The molecule has 24 heavy (non-hydrogen) atoms. The van der Waals surface area contributed by atoms with Gasteiger partial charge in [-0.2, -0.15) is 9.57 Å². The Kier molecular flexibility index (Phi) is 4.99. The number of sulfonamides is 1. The minimum atomic E-state index is -3.65. The Bertz CT molecular complexity index is 882. The summed E-state index contributed by atoms with van der Waals surface area (Å²) in [6.07, 6.45) is 1.51. The number of thiophene rings is 1. The predicted molar refractivity (Wildman–Crippen MR) is 94.3 cm³/mol.